The first-order chi connectivity index (χ1) is 9.17. The predicted octanol–water partition coefficient (Wildman–Crippen LogP) is 3.60. The van der Waals surface area contributed by atoms with E-state index < -0.39 is 0 Å². The molecule has 0 radical (unpaired) electrons. The van der Waals surface area contributed by atoms with Crippen molar-refractivity contribution < 1.29 is 9.90 Å². The molecule has 2 amide bonds. The number of urea groups is 1. The molecule has 0 saturated carbocycles. The average Bonchev–Trinajstić information content (AvgIpc) is 2.42. The van der Waals surface area contributed by atoms with Crippen LogP contribution in [0.3, 0.4) is 0 Å². The maximum absolute atomic E-state index is 11.7. The zero-order valence-corrected chi connectivity index (χ0v) is 10.7. The summed E-state index contributed by atoms with van der Waals surface area (Å²) in [5, 5.41) is 14.6. The van der Waals surface area contributed by atoms with Crippen LogP contribution in [0.1, 0.15) is 12.5 Å². The van der Waals surface area contributed by atoms with Crippen molar-refractivity contribution >= 4 is 17.4 Å². The lowest BCUT2D eigenvalue weighted by Crippen LogP contribution is -2.19. The van der Waals surface area contributed by atoms with Crippen molar-refractivity contribution in [1.29, 1.82) is 0 Å². The molecule has 0 fully saturated rings. The number of carbonyl (C=O) groups is 1. The van der Waals surface area contributed by atoms with Crippen LogP contribution >= 0.6 is 0 Å². The van der Waals surface area contributed by atoms with Crippen LogP contribution in [-0.4, -0.2) is 11.1 Å². The predicted molar refractivity (Wildman–Crippen MR) is 76.6 cm³/mol. The summed E-state index contributed by atoms with van der Waals surface area (Å²) in [5.74, 6) is 0.168. The van der Waals surface area contributed by atoms with Crippen molar-refractivity contribution in [2.75, 3.05) is 10.6 Å². The van der Waals surface area contributed by atoms with E-state index in [1.807, 2.05) is 24.3 Å². The standard InChI is InChI=1S/C15H16N2O2/c1-2-11-3-5-12(6-4-11)16-15(19)17-13-7-9-14(18)10-8-13/h3-10,18H,2H2,1H3,(H2,16,17,19). The van der Waals surface area contributed by atoms with Crippen LogP contribution in [0.2, 0.25) is 0 Å². The second kappa shape index (κ2) is 5.91. The number of carbonyl (C=O) groups excluding carboxylic acids is 1. The zero-order chi connectivity index (χ0) is 13.7. The average molecular weight is 256 g/mol. The molecule has 0 heterocycles. The summed E-state index contributed by atoms with van der Waals surface area (Å²) in [7, 11) is 0. The summed E-state index contributed by atoms with van der Waals surface area (Å²) >= 11 is 0. The Morgan fingerprint density at radius 1 is 0.947 bits per heavy atom. The number of hydrogen-bond donors (Lipinski definition) is 3. The van der Waals surface area contributed by atoms with E-state index in [1.54, 1.807) is 12.1 Å². The van der Waals surface area contributed by atoms with E-state index in [4.69, 9.17) is 5.11 Å². The van der Waals surface area contributed by atoms with Gasteiger partial charge >= 0.3 is 6.03 Å². The Hall–Kier alpha value is -2.49. The number of rotatable bonds is 3. The number of aryl methyl sites for hydroxylation is 1. The van der Waals surface area contributed by atoms with Crippen molar-refractivity contribution in [2.45, 2.75) is 13.3 Å². The summed E-state index contributed by atoms with van der Waals surface area (Å²) in [6.07, 6.45) is 0.972. The molecular weight excluding hydrogens is 240 g/mol. The minimum Gasteiger partial charge on any atom is -0.508 e. The van der Waals surface area contributed by atoms with Gasteiger partial charge in [-0.3, -0.25) is 0 Å². The van der Waals surface area contributed by atoms with Crippen LogP contribution in [0.5, 0.6) is 5.75 Å². The first-order valence-corrected chi connectivity index (χ1v) is 6.13. The number of aromatic hydroxyl groups is 1. The molecule has 0 bridgehead atoms. The Morgan fingerprint density at radius 2 is 1.42 bits per heavy atom. The molecule has 0 aliphatic heterocycles. The molecule has 0 spiro atoms. The van der Waals surface area contributed by atoms with Gasteiger partial charge in [-0.15, -0.1) is 0 Å². The molecule has 0 aliphatic rings. The third-order valence-corrected chi connectivity index (χ3v) is 2.75. The van der Waals surface area contributed by atoms with Crippen LogP contribution in [0.4, 0.5) is 16.2 Å². The Kier molecular flexibility index (Phi) is 4.03. The smallest absolute Gasteiger partial charge is 0.323 e. The number of hydrogen-bond acceptors (Lipinski definition) is 2. The quantitative estimate of drug-likeness (QED) is 0.735. The number of phenolic OH excluding ortho intramolecular Hbond substituents is 1. The largest absolute Gasteiger partial charge is 0.508 e. The summed E-state index contributed by atoms with van der Waals surface area (Å²) < 4.78 is 0. The Bertz CT molecular complexity index is 547. The molecule has 3 N–H and O–H groups in total. The molecule has 2 aromatic carbocycles. The number of phenols is 1. The third kappa shape index (κ3) is 3.74. The fourth-order valence-electron chi connectivity index (χ4n) is 1.66. The third-order valence-electron chi connectivity index (χ3n) is 2.75. The molecule has 98 valence electrons. The SMILES string of the molecule is CCc1ccc(NC(=O)Nc2ccc(O)cc2)cc1. The van der Waals surface area contributed by atoms with Crippen LogP contribution in [0.15, 0.2) is 48.5 Å². The lowest BCUT2D eigenvalue weighted by atomic mass is 10.1. The summed E-state index contributed by atoms with van der Waals surface area (Å²) in [6.45, 7) is 2.08. The first kappa shape index (κ1) is 13.0. The molecule has 0 atom stereocenters. The van der Waals surface area contributed by atoms with Crippen molar-refractivity contribution in [3.63, 3.8) is 0 Å². The van der Waals surface area contributed by atoms with Crippen molar-refractivity contribution in [1.82, 2.24) is 0 Å². The highest BCUT2D eigenvalue weighted by Gasteiger charge is 2.02. The van der Waals surface area contributed by atoms with E-state index in [1.165, 1.54) is 17.7 Å². The minimum atomic E-state index is -0.310. The van der Waals surface area contributed by atoms with Crippen LogP contribution in [0.25, 0.3) is 0 Å². The molecule has 2 rings (SSSR count). The van der Waals surface area contributed by atoms with E-state index in [2.05, 4.69) is 17.6 Å². The van der Waals surface area contributed by atoms with E-state index >= 15 is 0 Å². The van der Waals surface area contributed by atoms with Crippen molar-refractivity contribution in [3.8, 4) is 5.75 Å². The second-order valence-corrected chi connectivity index (χ2v) is 4.18. The monoisotopic (exact) mass is 256 g/mol. The summed E-state index contributed by atoms with van der Waals surface area (Å²) in [6, 6.07) is 13.7. The van der Waals surface area contributed by atoms with Crippen molar-refractivity contribution in [2.24, 2.45) is 0 Å². The molecule has 0 saturated heterocycles. The van der Waals surface area contributed by atoms with Gasteiger partial charge in [-0.2, -0.15) is 0 Å². The van der Waals surface area contributed by atoms with Gasteiger partial charge in [0.05, 0.1) is 0 Å². The van der Waals surface area contributed by atoms with E-state index in [0.29, 0.717) is 5.69 Å². The van der Waals surface area contributed by atoms with E-state index in [0.717, 1.165) is 12.1 Å². The fourth-order valence-corrected chi connectivity index (χ4v) is 1.66. The Morgan fingerprint density at radius 3 is 1.89 bits per heavy atom. The molecule has 4 heteroatoms. The second-order valence-electron chi connectivity index (χ2n) is 4.18. The van der Waals surface area contributed by atoms with E-state index in [-0.39, 0.29) is 11.8 Å². The molecule has 0 aliphatic carbocycles. The molecule has 4 nitrogen and oxygen atoms in total. The Labute approximate surface area is 112 Å². The van der Waals surface area contributed by atoms with Gasteiger partial charge in [-0.25, -0.2) is 4.79 Å². The molecular formula is C15H16N2O2. The fraction of sp³-hybridized carbons (Fsp3) is 0.133. The van der Waals surface area contributed by atoms with Crippen molar-refractivity contribution in [3.05, 3.63) is 54.1 Å². The molecule has 2 aromatic rings. The van der Waals surface area contributed by atoms with Gasteiger partial charge in [-0.05, 0) is 48.4 Å². The van der Waals surface area contributed by atoms with Gasteiger partial charge in [0.25, 0.3) is 0 Å². The number of anilines is 2. The van der Waals surface area contributed by atoms with Crippen LogP contribution < -0.4 is 10.6 Å². The normalized spacial score (nSPS) is 9.95. The lowest BCUT2D eigenvalue weighted by molar-refractivity contribution is 0.262. The van der Waals surface area contributed by atoms with Crippen LogP contribution in [-0.2, 0) is 6.42 Å². The topological polar surface area (TPSA) is 61.4 Å². The minimum absolute atomic E-state index is 0.168. The molecule has 19 heavy (non-hydrogen) atoms. The maximum atomic E-state index is 11.7. The van der Waals surface area contributed by atoms with Gasteiger partial charge in [-0.1, -0.05) is 19.1 Å². The van der Waals surface area contributed by atoms with Gasteiger partial charge in [0.2, 0.25) is 0 Å². The van der Waals surface area contributed by atoms with Gasteiger partial charge in [0.15, 0.2) is 0 Å². The summed E-state index contributed by atoms with van der Waals surface area (Å²) in [4.78, 5) is 11.7. The van der Waals surface area contributed by atoms with Crippen LogP contribution in [0, 0.1) is 0 Å². The summed E-state index contributed by atoms with van der Waals surface area (Å²) in [5.41, 5.74) is 2.60. The first-order valence-electron chi connectivity index (χ1n) is 6.13. The van der Waals surface area contributed by atoms with Gasteiger partial charge in [0, 0.05) is 11.4 Å². The lowest BCUT2D eigenvalue weighted by Gasteiger charge is -2.08. The molecule has 0 aromatic heterocycles. The highest BCUT2D eigenvalue weighted by Crippen LogP contribution is 2.15. The number of amides is 2. The molecule has 0 unspecified atom stereocenters. The zero-order valence-electron chi connectivity index (χ0n) is 10.7. The van der Waals surface area contributed by atoms with Gasteiger partial charge < -0.3 is 15.7 Å². The van der Waals surface area contributed by atoms with E-state index in [9.17, 15) is 4.79 Å². The highest BCUT2D eigenvalue weighted by atomic mass is 16.3. The van der Waals surface area contributed by atoms with Gasteiger partial charge in [0.1, 0.15) is 5.75 Å². The maximum Gasteiger partial charge on any atom is 0.323 e. The number of benzene rings is 2. The number of nitrogens with one attached hydrogen (secondary N) is 2. The Balaban J connectivity index is 1.95. The highest BCUT2D eigenvalue weighted by molar-refractivity contribution is 5.99.